The topological polar surface area (TPSA) is 78.9 Å². The van der Waals surface area contributed by atoms with Crippen LogP contribution in [0.3, 0.4) is 0 Å². The van der Waals surface area contributed by atoms with Crippen molar-refractivity contribution in [3.63, 3.8) is 0 Å². The van der Waals surface area contributed by atoms with E-state index in [9.17, 15) is 14.4 Å². The summed E-state index contributed by atoms with van der Waals surface area (Å²) in [5, 5.41) is 0. The van der Waals surface area contributed by atoms with E-state index in [1.54, 1.807) is 0 Å². The summed E-state index contributed by atoms with van der Waals surface area (Å²) in [6.45, 7) is 11.3. The smallest absolute Gasteiger partial charge is 0.306 e. The number of hydrogen-bond acceptors (Lipinski definition) is 6. The van der Waals surface area contributed by atoms with Gasteiger partial charge in [0.1, 0.15) is 13.2 Å². The molecule has 0 aromatic heterocycles. The van der Waals surface area contributed by atoms with Crippen molar-refractivity contribution in [2.45, 2.75) is 285 Å². The van der Waals surface area contributed by atoms with Crippen molar-refractivity contribution in [3.8, 4) is 0 Å². The van der Waals surface area contributed by atoms with Gasteiger partial charge in [0.05, 0.1) is 0 Å². The minimum absolute atomic E-state index is 0.0650. The van der Waals surface area contributed by atoms with Crippen LogP contribution in [0.1, 0.15) is 279 Å². The van der Waals surface area contributed by atoms with Gasteiger partial charge in [0.25, 0.3) is 0 Å². The van der Waals surface area contributed by atoms with Crippen LogP contribution in [0, 0.1) is 11.8 Å². The van der Waals surface area contributed by atoms with Crippen molar-refractivity contribution in [3.05, 3.63) is 0 Å². The molecule has 6 nitrogen and oxygen atoms in total. The SMILES string of the molecule is CCCCCCCCCCCCCCCCCCCCC(=O)OC[C@H](COC(=O)CCCCCCCCCCC(C)C)OC(=O)CCCCCCCCCC(C)C. The first-order valence-corrected chi connectivity index (χ1v) is 25.2. The Labute approximate surface area is 355 Å². The molecule has 0 aliphatic carbocycles. The van der Waals surface area contributed by atoms with Crippen LogP contribution in [0.25, 0.3) is 0 Å². The zero-order chi connectivity index (χ0) is 41.9. The Bertz CT molecular complexity index is 870. The second-order valence-corrected chi connectivity index (χ2v) is 18.4. The van der Waals surface area contributed by atoms with E-state index in [2.05, 4.69) is 34.6 Å². The number of carbonyl (C=O) groups excluding carboxylic acids is 3. The van der Waals surface area contributed by atoms with Crippen molar-refractivity contribution in [2.75, 3.05) is 13.2 Å². The zero-order valence-electron chi connectivity index (χ0n) is 39.0. The summed E-state index contributed by atoms with van der Waals surface area (Å²) in [5.41, 5.74) is 0. The summed E-state index contributed by atoms with van der Waals surface area (Å²) >= 11 is 0. The minimum atomic E-state index is -0.762. The maximum atomic E-state index is 12.7. The Balaban J connectivity index is 4.24. The molecule has 0 aliphatic heterocycles. The van der Waals surface area contributed by atoms with Crippen LogP contribution in [-0.4, -0.2) is 37.2 Å². The number of rotatable bonds is 45. The van der Waals surface area contributed by atoms with Crippen LogP contribution < -0.4 is 0 Å². The number of ether oxygens (including phenoxy) is 3. The summed E-state index contributed by atoms with van der Waals surface area (Å²) < 4.78 is 16.8. The summed E-state index contributed by atoms with van der Waals surface area (Å²) in [7, 11) is 0. The van der Waals surface area contributed by atoms with Crippen LogP contribution >= 0.6 is 0 Å². The van der Waals surface area contributed by atoms with Crippen molar-refractivity contribution in [1.82, 2.24) is 0 Å². The molecule has 0 heterocycles. The molecule has 6 heteroatoms. The van der Waals surface area contributed by atoms with Gasteiger partial charge in [0, 0.05) is 19.3 Å². The van der Waals surface area contributed by atoms with Crippen LogP contribution in [0.4, 0.5) is 0 Å². The molecule has 0 bridgehead atoms. The zero-order valence-corrected chi connectivity index (χ0v) is 39.0. The molecule has 0 amide bonds. The second-order valence-electron chi connectivity index (χ2n) is 18.4. The maximum absolute atomic E-state index is 12.7. The van der Waals surface area contributed by atoms with Crippen LogP contribution in [-0.2, 0) is 28.6 Å². The first-order chi connectivity index (χ1) is 27.7. The molecule has 0 saturated carbocycles. The molecule has 1 atom stereocenters. The lowest BCUT2D eigenvalue weighted by Gasteiger charge is -2.18. The number of hydrogen-bond donors (Lipinski definition) is 0. The third-order valence-corrected chi connectivity index (χ3v) is 11.5. The Morgan fingerprint density at radius 3 is 0.860 bits per heavy atom. The number of esters is 3. The van der Waals surface area contributed by atoms with Crippen molar-refractivity contribution in [2.24, 2.45) is 11.8 Å². The predicted octanol–water partition coefficient (Wildman–Crippen LogP) is 16.1. The molecule has 0 saturated heterocycles. The largest absolute Gasteiger partial charge is 0.462 e. The maximum Gasteiger partial charge on any atom is 0.306 e. The minimum Gasteiger partial charge on any atom is -0.462 e. The lowest BCUT2D eigenvalue weighted by molar-refractivity contribution is -0.167. The van der Waals surface area contributed by atoms with Gasteiger partial charge in [-0.3, -0.25) is 14.4 Å². The van der Waals surface area contributed by atoms with Gasteiger partial charge in [-0.25, -0.2) is 0 Å². The van der Waals surface area contributed by atoms with Gasteiger partial charge in [-0.05, 0) is 31.1 Å². The molecule has 0 aromatic carbocycles. The molecule has 57 heavy (non-hydrogen) atoms. The Morgan fingerprint density at radius 1 is 0.333 bits per heavy atom. The molecule has 0 rings (SSSR count). The second kappa shape index (κ2) is 44.0. The predicted molar refractivity (Wildman–Crippen MR) is 243 cm³/mol. The molecule has 0 N–H and O–H groups in total. The van der Waals surface area contributed by atoms with E-state index in [1.165, 1.54) is 167 Å². The van der Waals surface area contributed by atoms with E-state index >= 15 is 0 Å². The summed E-state index contributed by atoms with van der Waals surface area (Å²) in [6, 6.07) is 0. The summed E-state index contributed by atoms with van der Waals surface area (Å²) in [5.74, 6) is 0.718. The van der Waals surface area contributed by atoms with E-state index in [4.69, 9.17) is 14.2 Å². The Kier molecular flexibility index (Phi) is 42.7. The highest BCUT2D eigenvalue weighted by Crippen LogP contribution is 2.17. The monoisotopic (exact) mass is 807 g/mol. The van der Waals surface area contributed by atoms with Crippen LogP contribution in [0.5, 0.6) is 0 Å². The molecule has 0 unspecified atom stereocenters. The van der Waals surface area contributed by atoms with E-state index in [0.29, 0.717) is 19.3 Å². The van der Waals surface area contributed by atoms with Crippen LogP contribution in [0.15, 0.2) is 0 Å². The average Bonchev–Trinajstić information content (AvgIpc) is 3.18. The van der Waals surface area contributed by atoms with E-state index < -0.39 is 6.10 Å². The standard InChI is InChI=1S/C51H98O6/c1-6-7-8-9-10-11-12-13-14-15-16-17-18-19-20-26-31-36-41-49(52)55-44-48(57-51(54)43-38-33-28-23-25-30-35-40-47(4)5)45-56-50(53)42-37-32-27-22-21-24-29-34-39-46(2)3/h46-48H,6-45H2,1-5H3/t48-/m1/s1. The Hall–Kier alpha value is -1.59. The first-order valence-electron chi connectivity index (χ1n) is 25.2. The van der Waals surface area contributed by atoms with Crippen LogP contribution in [0.2, 0.25) is 0 Å². The van der Waals surface area contributed by atoms with Gasteiger partial charge in [0.2, 0.25) is 0 Å². The normalized spacial score (nSPS) is 12.1. The molecule has 0 fully saturated rings. The molecule has 338 valence electrons. The highest BCUT2D eigenvalue weighted by Gasteiger charge is 2.19. The van der Waals surface area contributed by atoms with E-state index in [0.717, 1.165) is 69.6 Å². The lowest BCUT2D eigenvalue weighted by Crippen LogP contribution is -2.30. The fourth-order valence-corrected chi connectivity index (χ4v) is 7.64. The fraction of sp³-hybridized carbons (Fsp3) is 0.941. The van der Waals surface area contributed by atoms with Crippen molar-refractivity contribution >= 4 is 17.9 Å². The summed E-state index contributed by atoms with van der Waals surface area (Å²) in [6.07, 6.45) is 43.9. The van der Waals surface area contributed by atoms with Gasteiger partial charge in [0.15, 0.2) is 6.10 Å². The van der Waals surface area contributed by atoms with Crippen molar-refractivity contribution < 1.29 is 28.6 Å². The quantitative estimate of drug-likeness (QED) is 0.0346. The van der Waals surface area contributed by atoms with Gasteiger partial charge >= 0.3 is 17.9 Å². The van der Waals surface area contributed by atoms with Crippen molar-refractivity contribution in [1.29, 1.82) is 0 Å². The molecular weight excluding hydrogens is 709 g/mol. The number of unbranched alkanes of at least 4 members (excludes halogenated alkanes) is 30. The van der Waals surface area contributed by atoms with Gasteiger partial charge in [-0.1, -0.05) is 240 Å². The van der Waals surface area contributed by atoms with Gasteiger partial charge in [-0.15, -0.1) is 0 Å². The molecule has 0 aromatic rings. The highest BCUT2D eigenvalue weighted by molar-refractivity contribution is 5.71. The molecular formula is C51H98O6. The van der Waals surface area contributed by atoms with Gasteiger partial charge < -0.3 is 14.2 Å². The van der Waals surface area contributed by atoms with E-state index in [1.807, 2.05) is 0 Å². The molecule has 0 aliphatic rings. The van der Waals surface area contributed by atoms with Gasteiger partial charge in [-0.2, -0.15) is 0 Å². The summed E-state index contributed by atoms with van der Waals surface area (Å²) in [4.78, 5) is 37.8. The van der Waals surface area contributed by atoms with E-state index in [-0.39, 0.29) is 31.1 Å². The fourth-order valence-electron chi connectivity index (χ4n) is 7.64. The third kappa shape index (κ3) is 45.3. The Morgan fingerprint density at radius 2 is 0.579 bits per heavy atom. The third-order valence-electron chi connectivity index (χ3n) is 11.5. The molecule has 0 spiro atoms. The first kappa shape index (κ1) is 55.4. The number of carbonyl (C=O) groups is 3. The molecule has 0 radical (unpaired) electrons. The average molecular weight is 807 g/mol. The highest BCUT2D eigenvalue weighted by atomic mass is 16.6. The lowest BCUT2D eigenvalue weighted by atomic mass is 10.0.